The number of carbonyl (C=O) groups is 1. The number of fused-ring (bicyclic) bond motifs is 1. The summed E-state index contributed by atoms with van der Waals surface area (Å²) in [6.45, 7) is 3.35. The molecule has 122 valence electrons. The Morgan fingerprint density at radius 1 is 1.26 bits per heavy atom. The van der Waals surface area contributed by atoms with Crippen molar-refractivity contribution >= 4 is 39.9 Å². The maximum atomic E-state index is 12.2. The van der Waals surface area contributed by atoms with E-state index in [0.29, 0.717) is 6.54 Å². The first-order valence-corrected chi connectivity index (χ1v) is 7.99. The molecule has 2 aromatic heterocycles. The van der Waals surface area contributed by atoms with Crippen molar-refractivity contribution in [1.82, 2.24) is 20.4 Å². The van der Waals surface area contributed by atoms with Crippen LogP contribution < -0.4 is 10.6 Å². The standard InChI is InChI=1S/C16H18N4OS.ClH/c1-11-13-10-14(15(21)18-9-8-17-2)22-16(13)20(19-11)12-6-4-3-5-7-12;/h3-7,10,17H,8-9H2,1-2H3,(H,18,21);1H. The highest BCUT2D eigenvalue weighted by molar-refractivity contribution is 7.20. The summed E-state index contributed by atoms with van der Waals surface area (Å²) < 4.78 is 1.90. The number of likely N-dealkylation sites (N-methyl/N-ethyl adjacent to an activating group) is 1. The zero-order valence-electron chi connectivity index (χ0n) is 13.0. The molecule has 7 heteroatoms. The molecule has 0 aliphatic carbocycles. The Balaban J connectivity index is 0.00000192. The van der Waals surface area contributed by atoms with Crippen LogP contribution in [0.25, 0.3) is 15.9 Å². The van der Waals surface area contributed by atoms with Crippen molar-refractivity contribution in [3.05, 3.63) is 47.0 Å². The minimum Gasteiger partial charge on any atom is -0.350 e. The third kappa shape index (κ3) is 3.55. The lowest BCUT2D eigenvalue weighted by Crippen LogP contribution is -2.29. The number of halogens is 1. The number of nitrogens with zero attached hydrogens (tertiary/aromatic N) is 2. The van der Waals surface area contributed by atoms with Crippen LogP contribution in [0.1, 0.15) is 15.4 Å². The molecule has 0 saturated carbocycles. The van der Waals surface area contributed by atoms with E-state index in [4.69, 9.17) is 0 Å². The Labute approximate surface area is 145 Å². The van der Waals surface area contributed by atoms with Gasteiger partial charge in [0.1, 0.15) is 4.83 Å². The van der Waals surface area contributed by atoms with Crippen molar-refractivity contribution in [2.75, 3.05) is 20.1 Å². The van der Waals surface area contributed by atoms with Crippen molar-refractivity contribution in [2.45, 2.75) is 6.92 Å². The van der Waals surface area contributed by atoms with E-state index in [-0.39, 0.29) is 18.3 Å². The average Bonchev–Trinajstić information content (AvgIpc) is 3.09. The van der Waals surface area contributed by atoms with Gasteiger partial charge < -0.3 is 10.6 Å². The molecular formula is C16H19ClN4OS. The number of hydrogen-bond donors (Lipinski definition) is 2. The molecule has 0 radical (unpaired) electrons. The summed E-state index contributed by atoms with van der Waals surface area (Å²) in [5, 5.41) is 11.5. The summed E-state index contributed by atoms with van der Waals surface area (Å²) >= 11 is 1.47. The Hall–Kier alpha value is -1.89. The first-order chi connectivity index (χ1) is 10.7. The Morgan fingerprint density at radius 3 is 2.70 bits per heavy atom. The van der Waals surface area contributed by atoms with Gasteiger partial charge in [0, 0.05) is 18.5 Å². The summed E-state index contributed by atoms with van der Waals surface area (Å²) in [5.41, 5.74) is 1.94. The second kappa shape index (κ2) is 7.59. The minimum absolute atomic E-state index is 0. The maximum Gasteiger partial charge on any atom is 0.261 e. The Kier molecular flexibility index (Phi) is 5.76. The smallest absolute Gasteiger partial charge is 0.261 e. The molecule has 2 heterocycles. The molecule has 0 fully saturated rings. The van der Waals surface area contributed by atoms with Crippen LogP contribution in [0.4, 0.5) is 0 Å². The molecule has 2 N–H and O–H groups in total. The largest absolute Gasteiger partial charge is 0.350 e. The van der Waals surface area contributed by atoms with Crippen LogP contribution in [-0.4, -0.2) is 35.8 Å². The lowest BCUT2D eigenvalue weighted by atomic mass is 10.3. The van der Waals surface area contributed by atoms with Gasteiger partial charge in [-0.15, -0.1) is 23.7 Å². The van der Waals surface area contributed by atoms with Crippen LogP contribution in [0.15, 0.2) is 36.4 Å². The van der Waals surface area contributed by atoms with E-state index in [2.05, 4.69) is 15.7 Å². The van der Waals surface area contributed by atoms with Gasteiger partial charge in [-0.05, 0) is 32.2 Å². The molecule has 1 amide bonds. The quantitative estimate of drug-likeness (QED) is 0.696. The molecular weight excluding hydrogens is 332 g/mol. The zero-order chi connectivity index (χ0) is 15.5. The van der Waals surface area contributed by atoms with Crippen molar-refractivity contribution in [1.29, 1.82) is 0 Å². The van der Waals surface area contributed by atoms with Crippen molar-refractivity contribution in [3.63, 3.8) is 0 Å². The number of aryl methyl sites for hydroxylation is 1. The van der Waals surface area contributed by atoms with Crippen molar-refractivity contribution < 1.29 is 4.79 Å². The topological polar surface area (TPSA) is 58.9 Å². The number of rotatable bonds is 5. The number of amides is 1. The molecule has 0 unspecified atom stereocenters. The molecule has 0 bridgehead atoms. The van der Waals surface area contributed by atoms with Gasteiger partial charge in [0.25, 0.3) is 5.91 Å². The molecule has 0 aliphatic heterocycles. The van der Waals surface area contributed by atoms with Gasteiger partial charge >= 0.3 is 0 Å². The SMILES string of the molecule is CNCCNC(=O)c1cc2c(C)nn(-c3ccccc3)c2s1.Cl. The maximum absolute atomic E-state index is 12.2. The van der Waals surface area contributed by atoms with E-state index >= 15 is 0 Å². The molecule has 3 rings (SSSR count). The molecule has 0 spiro atoms. The summed E-state index contributed by atoms with van der Waals surface area (Å²) in [6.07, 6.45) is 0. The predicted octanol–water partition coefficient (Wildman–Crippen LogP) is 2.77. The third-order valence-corrected chi connectivity index (χ3v) is 4.54. The summed E-state index contributed by atoms with van der Waals surface area (Å²) in [6, 6.07) is 11.9. The van der Waals surface area contributed by atoms with Crippen LogP contribution in [0, 0.1) is 6.92 Å². The van der Waals surface area contributed by atoms with Gasteiger partial charge in [0.05, 0.1) is 16.3 Å². The fourth-order valence-corrected chi connectivity index (χ4v) is 3.39. The number of carbonyl (C=O) groups excluding carboxylic acids is 1. The van der Waals surface area contributed by atoms with Crippen LogP contribution in [0.5, 0.6) is 0 Å². The van der Waals surface area contributed by atoms with Gasteiger partial charge in [-0.25, -0.2) is 4.68 Å². The molecule has 0 aliphatic rings. The monoisotopic (exact) mass is 350 g/mol. The number of para-hydroxylation sites is 1. The summed E-state index contributed by atoms with van der Waals surface area (Å²) in [5.74, 6) is -0.0320. The first-order valence-electron chi connectivity index (χ1n) is 7.18. The molecule has 5 nitrogen and oxygen atoms in total. The summed E-state index contributed by atoms with van der Waals surface area (Å²) in [7, 11) is 1.86. The van der Waals surface area contributed by atoms with Crippen LogP contribution in [0.2, 0.25) is 0 Å². The third-order valence-electron chi connectivity index (χ3n) is 3.43. The lowest BCUT2D eigenvalue weighted by Gasteiger charge is -2.03. The number of hydrogen-bond acceptors (Lipinski definition) is 4. The minimum atomic E-state index is -0.0320. The second-order valence-electron chi connectivity index (χ2n) is 5.02. The van der Waals surface area contributed by atoms with E-state index in [1.165, 1.54) is 11.3 Å². The number of benzene rings is 1. The molecule has 23 heavy (non-hydrogen) atoms. The van der Waals surface area contributed by atoms with Gasteiger partial charge in [-0.2, -0.15) is 5.10 Å². The fraction of sp³-hybridized carbons (Fsp3) is 0.250. The van der Waals surface area contributed by atoms with Gasteiger partial charge in [0.15, 0.2) is 0 Å². The molecule has 0 saturated heterocycles. The van der Waals surface area contributed by atoms with Gasteiger partial charge in [-0.1, -0.05) is 18.2 Å². The lowest BCUT2D eigenvalue weighted by molar-refractivity contribution is 0.0958. The number of nitrogens with one attached hydrogen (secondary N) is 2. The van der Waals surface area contributed by atoms with Crippen molar-refractivity contribution in [2.24, 2.45) is 0 Å². The zero-order valence-corrected chi connectivity index (χ0v) is 14.6. The average molecular weight is 351 g/mol. The van der Waals surface area contributed by atoms with E-state index in [0.717, 1.165) is 33.0 Å². The van der Waals surface area contributed by atoms with E-state index in [9.17, 15) is 4.79 Å². The highest BCUT2D eigenvalue weighted by Gasteiger charge is 2.16. The first kappa shape index (κ1) is 17.5. The predicted molar refractivity (Wildman–Crippen MR) is 97.2 cm³/mol. The van der Waals surface area contributed by atoms with E-state index in [1.807, 2.05) is 55.1 Å². The molecule has 0 atom stereocenters. The van der Waals surface area contributed by atoms with Crippen LogP contribution in [-0.2, 0) is 0 Å². The van der Waals surface area contributed by atoms with Crippen LogP contribution in [0.3, 0.4) is 0 Å². The normalized spacial score (nSPS) is 10.5. The second-order valence-corrected chi connectivity index (χ2v) is 6.05. The van der Waals surface area contributed by atoms with Crippen LogP contribution >= 0.6 is 23.7 Å². The van der Waals surface area contributed by atoms with Crippen molar-refractivity contribution in [3.8, 4) is 5.69 Å². The Bertz CT molecular complexity index is 797. The van der Waals surface area contributed by atoms with E-state index < -0.39 is 0 Å². The number of thiophene rings is 1. The molecule has 1 aromatic carbocycles. The van der Waals surface area contributed by atoms with Gasteiger partial charge in [0.2, 0.25) is 0 Å². The number of aromatic nitrogens is 2. The summed E-state index contributed by atoms with van der Waals surface area (Å²) in [4.78, 5) is 13.9. The van der Waals surface area contributed by atoms with Gasteiger partial charge in [-0.3, -0.25) is 4.79 Å². The fourth-order valence-electron chi connectivity index (χ4n) is 2.29. The Morgan fingerprint density at radius 2 is 2.00 bits per heavy atom. The van der Waals surface area contributed by atoms with E-state index in [1.54, 1.807) is 0 Å². The highest BCUT2D eigenvalue weighted by Crippen LogP contribution is 2.30. The highest BCUT2D eigenvalue weighted by atomic mass is 35.5. The molecule has 3 aromatic rings.